The van der Waals surface area contributed by atoms with Gasteiger partial charge < -0.3 is 10.2 Å². The lowest BCUT2D eigenvalue weighted by Crippen LogP contribution is -2.34. The highest BCUT2D eigenvalue weighted by atomic mass is 35.5. The van der Waals surface area contributed by atoms with Crippen LogP contribution < -0.4 is 5.32 Å². The van der Waals surface area contributed by atoms with Crippen molar-refractivity contribution < 1.29 is 4.79 Å². The van der Waals surface area contributed by atoms with E-state index in [0.717, 1.165) is 15.6 Å². The fourth-order valence-corrected chi connectivity index (χ4v) is 4.51. The lowest BCUT2D eigenvalue weighted by atomic mass is 10.0. The van der Waals surface area contributed by atoms with Crippen LogP contribution in [0.5, 0.6) is 0 Å². The van der Waals surface area contributed by atoms with Crippen LogP contribution in [0.3, 0.4) is 0 Å². The summed E-state index contributed by atoms with van der Waals surface area (Å²) < 4.78 is 1.04. The number of aryl methyl sites for hydroxylation is 2. The fourth-order valence-electron chi connectivity index (χ4n) is 2.98. The first-order chi connectivity index (χ1) is 12.4. The number of carbonyl (C=O) groups excluding carboxylic acids is 1. The van der Waals surface area contributed by atoms with E-state index < -0.39 is 0 Å². The summed E-state index contributed by atoms with van der Waals surface area (Å²) in [6, 6.07) is 14.6. The largest absolute Gasteiger partial charge is 0.349 e. The van der Waals surface area contributed by atoms with Crippen molar-refractivity contribution in [3.63, 3.8) is 0 Å². The molecular formula is C21H23ClN2OS. The van der Waals surface area contributed by atoms with Crippen molar-refractivity contribution in [2.75, 3.05) is 20.6 Å². The van der Waals surface area contributed by atoms with Crippen LogP contribution in [0.15, 0.2) is 42.5 Å². The van der Waals surface area contributed by atoms with E-state index >= 15 is 0 Å². The number of carbonyl (C=O) groups is 1. The number of rotatable bonds is 5. The Morgan fingerprint density at radius 3 is 2.42 bits per heavy atom. The van der Waals surface area contributed by atoms with Gasteiger partial charge in [-0.05, 0) is 45.1 Å². The van der Waals surface area contributed by atoms with Crippen LogP contribution in [0, 0.1) is 13.8 Å². The quantitative estimate of drug-likeness (QED) is 0.653. The molecule has 1 atom stereocenters. The predicted molar refractivity (Wildman–Crippen MR) is 112 cm³/mol. The van der Waals surface area contributed by atoms with E-state index in [1.165, 1.54) is 22.5 Å². The molecule has 3 aromatic rings. The Kier molecular flexibility index (Phi) is 5.66. The second-order valence-electron chi connectivity index (χ2n) is 6.84. The van der Waals surface area contributed by atoms with Gasteiger partial charge in [-0.25, -0.2) is 0 Å². The number of halogens is 1. The highest BCUT2D eigenvalue weighted by Crippen LogP contribution is 2.35. The minimum absolute atomic E-state index is 0.106. The summed E-state index contributed by atoms with van der Waals surface area (Å²) in [6.45, 7) is 4.63. The Hall–Kier alpha value is -1.88. The number of fused-ring (bicyclic) bond motifs is 1. The van der Waals surface area contributed by atoms with E-state index in [-0.39, 0.29) is 11.9 Å². The van der Waals surface area contributed by atoms with Gasteiger partial charge in [-0.2, -0.15) is 0 Å². The van der Waals surface area contributed by atoms with Crippen molar-refractivity contribution in [2.45, 2.75) is 19.9 Å². The number of benzene rings is 2. The third-order valence-electron chi connectivity index (χ3n) is 4.53. The molecule has 0 radical (unpaired) electrons. The van der Waals surface area contributed by atoms with Crippen LogP contribution in [0.1, 0.15) is 32.4 Å². The van der Waals surface area contributed by atoms with Crippen LogP contribution in [0.2, 0.25) is 5.02 Å². The monoisotopic (exact) mass is 386 g/mol. The molecule has 1 N–H and O–H groups in total. The summed E-state index contributed by atoms with van der Waals surface area (Å²) in [4.78, 5) is 15.4. The molecule has 1 aromatic heterocycles. The number of nitrogens with zero attached hydrogens (tertiary/aromatic N) is 1. The van der Waals surface area contributed by atoms with Crippen LogP contribution in [0.25, 0.3) is 10.1 Å². The number of thiophene rings is 1. The van der Waals surface area contributed by atoms with Gasteiger partial charge in [0.25, 0.3) is 5.91 Å². The third kappa shape index (κ3) is 3.93. The van der Waals surface area contributed by atoms with E-state index in [0.29, 0.717) is 16.4 Å². The standard InChI is InChI=1S/C21H23ClN2OS/c1-13-5-8-15(9-6-13)17(24(3)4)12-23-21(25)20-19(22)16-10-7-14(2)11-18(16)26-20/h5-11,17H,12H2,1-4H3,(H,23,25)/t17-/m1/s1. The molecule has 0 fully saturated rings. The van der Waals surface area contributed by atoms with Crippen LogP contribution in [-0.2, 0) is 0 Å². The highest BCUT2D eigenvalue weighted by molar-refractivity contribution is 7.21. The third-order valence-corrected chi connectivity index (χ3v) is 6.19. The molecule has 0 aliphatic rings. The van der Waals surface area contributed by atoms with Gasteiger partial charge in [0.05, 0.1) is 11.1 Å². The first kappa shape index (κ1) is 18.9. The van der Waals surface area contributed by atoms with Crippen molar-refractivity contribution in [1.29, 1.82) is 0 Å². The highest BCUT2D eigenvalue weighted by Gasteiger charge is 2.20. The van der Waals surface area contributed by atoms with E-state index in [1.54, 1.807) is 0 Å². The fraction of sp³-hybridized carbons (Fsp3) is 0.286. The summed E-state index contributed by atoms with van der Waals surface area (Å²) in [5, 5.41) is 4.54. The summed E-state index contributed by atoms with van der Waals surface area (Å²) in [5.41, 5.74) is 3.57. The molecule has 3 rings (SSSR count). The molecule has 0 saturated carbocycles. The van der Waals surface area contributed by atoms with Gasteiger partial charge in [-0.1, -0.05) is 53.6 Å². The zero-order valence-electron chi connectivity index (χ0n) is 15.5. The minimum atomic E-state index is -0.118. The zero-order valence-corrected chi connectivity index (χ0v) is 17.0. The van der Waals surface area contributed by atoms with Crippen LogP contribution in [0.4, 0.5) is 0 Å². The average Bonchev–Trinajstić information content (AvgIpc) is 2.92. The molecule has 0 spiro atoms. The number of nitrogens with one attached hydrogen (secondary N) is 1. The molecule has 5 heteroatoms. The molecule has 26 heavy (non-hydrogen) atoms. The maximum absolute atomic E-state index is 12.7. The number of likely N-dealkylation sites (N-methyl/N-ethyl adjacent to an activating group) is 1. The van der Waals surface area contributed by atoms with Crippen molar-refractivity contribution in [1.82, 2.24) is 10.2 Å². The average molecular weight is 387 g/mol. The number of amides is 1. The minimum Gasteiger partial charge on any atom is -0.349 e. The molecule has 1 amide bonds. The molecule has 3 nitrogen and oxygen atoms in total. The second-order valence-corrected chi connectivity index (χ2v) is 8.28. The van der Waals surface area contributed by atoms with Gasteiger partial charge >= 0.3 is 0 Å². The van der Waals surface area contributed by atoms with Crippen molar-refractivity contribution in [3.8, 4) is 0 Å². The van der Waals surface area contributed by atoms with Gasteiger partial charge in [0.15, 0.2) is 0 Å². The van der Waals surface area contributed by atoms with Gasteiger partial charge in [-0.3, -0.25) is 4.79 Å². The molecule has 0 saturated heterocycles. The SMILES string of the molecule is Cc1ccc([C@@H](CNC(=O)c2sc3cc(C)ccc3c2Cl)N(C)C)cc1. The molecule has 2 aromatic carbocycles. The molecular weight excluding hydrogens is 364 g/mol. The van der Waals surface area contributed by atoms with Crippen molar-refractivity contribution in [3.05, 3.63) is 69.1 Å². The maximum Gasteiger partial charge on any atom is 0.262 e. The van der Waals surface area contributed by atoms with Crippen molar-refractivity contribution >= 4 is 38.9 Å². The predicted octanol–water partition coefficient (Wildman–Crippen LogP) is 5.20. The number of hydrogen-bond acceptors (Lipinski definition) is 3. The topological polar surface area (TPSA) is 32.3 Å². The smallest absolute Gasteiger partial charge is 0.262 e. The van der Waals surface area contributed by atoms with Gasteiger partial charge in [0, 0.05) is 16.6 Å². The summed E-state index contributed by atoms with van der Waals surface area (Å²) in [7, 11) is 4.04. The molecule has 0 aliphatic heterocycles. The molecule has 1 heterocycles. The lowest BCUT2D eigenvalue weighted by Gasteiger charge is -2.25. The van der Waals surface area contributed by atoms with Gasteiger partial charge in [0.1, 0.15) is 4.88 Å². The maximum atomic E-state index is 12.7. The van der Waals surface area contributed by atoms with Gasteiger partial charge in [0.2, 0.25) is 0 Å². The zero-order chi connectivity index (χ0) is 18.8. The van der Waals surface area contributed by atoms with E-state index in [1.807, 2.05) is 33.2 Å². The van der Waals surface area contributed by atoms with E-state index in [4.69, 9.17) is 11.6 Å². The van der Waals surface area contributed by atoms with E-state index in [2.05, 4.69) is 47.5 Å². The van der Waals surface area contributed by atoms with E-state index in [9.17, 15) is 4.79 Å². The first-order valence-corrected chi connectivity index (χ1v) is 9.76. The number of hydrogen-bond donors (Lipinski definition) is 1. The Labute approximate surface area is 163 Å². The molecule has 136 valence electrons. The Balaban J connectivity index is 1.78. The van der Waals surface area contributed by atoms with Crippen LogP contribution >= 0.6 is 22.9 Å². The second kappa shape index (κ2) is 7.78. The van der Waals surface area contributed by atoms with Gasteiger partial charge in [-0.15, -0.1) is 11.3 Å². The Morgan fingerprint density at radius 1 is 1.12 bits per heavy atom. The summed E-state index contributed by atoms with van der Waals surface area (Å²) in [5.74, 6) is -0.118. The lowest BCUT2D eigenvalue weighted by molar-refractivity contribution is 0.0946. The summed E-state index contributed by atoms with van der Waals surface area (Å²) in [6.07, 6.45) is 0. The Bertz CT molecular complexity index is 931. The van der Waals surface area contributed by atoms with Crippen molar-refractivity contribution in [2.24, 2.45) is 0 Å². The first-order valence-electron chi connectivity index (χ1n) is 8.56. The van der Waals surface area contributed by atoms with Crippen LogP contribution in [-0.4, -0.2) is 31.4 Å². The molecule has 0 unspecified atom stereocenters. The molecule has 0 aliphatic carbocycles. The summed E-state index contributed by atoms with van der Waals surface area (Å²) >= 11 is 7.90. The molecule has 0 bridgehead atoms. The Morgan fingerprint density at radius 2 is 1.77 bits per heavy atom. The normalized spacial score (nSPS) is 12.5.